The third kappa shape index (κ3) is 3.75. The summed E-state index contributed by atoms with van der Waals surface area (Å²) in [5.74, 6) is 1.48. The van der Waals surface area contributed by atoms with Gasteiger partial charge in [-0.15, -0.1) is 0 Å². The van der Waals surface area contributed by atoms with Crippen LogP contribution in [0.1, 0.15) is 16.7 Å². The van der Waals surface area contributed by atoms with E-state index >= 15 is 0 Å². The molecule has 0 aromatic heterocycles. The summed E-state index contributed by atoms with van der Waals surface area (Å²) >= 11 is 0. The van der Waals surface area contributed by atoms with Crippen LogP contribution in [0.5, 0.6) is 17.2 Å². The topological polar surface area (TPSA) is 55.8 Å². The Morgan fingerprint density at radius 1 is 1.14 bits per heavy atom. The van der Waals surface area contributed by atoms with Gasteiger partial charge in [-0.05, 0) is 41.8 Å². The van der Waals surface area contributed by atoms with Crippen molar-refractivity contribution in [2.75, 3.05) is 7.11 Å². The van der Waals surface area contributed by atoms with Gasteiger partial charge in [0.2, 0.25) is 0 Å². The van der Waals surface area contributed by atoms with Crippen LogP contribution in [0.15, 0.2) is 36.4 Å². The Morgan fingerprint density at radius 3 is 2.48 bits per heavy atom. The minimum absolute atomic E-state index is 0.138. The highest BCUT2D eigenvalue weighted by Crippen LogP contribution is 2.28. The molecule has 4 heteroatoms. The summed E-state index contributed by atoms with van der Waals surface area (Å²) in [4.78, 5) is 10.7. The minimum atomic E-state index is 0.138. The van der Waals surface area contributed by atoms with Crippen molar-refractivity contribution in [1.29, 1.82) is 0 Å². The van der Waals surface area contributed by atoms with E-state index in [0.29, 0.717) is 17.9 Å². The van der Waals surface area contributed by atoms with E-state index < -0.39 is 0 Å². The van der Waals surface area contributed by atoms with Crippen LogP contribution in [-0.2, 0) is 17.8 Å². The van der Waals surface area contributed by atoms with Gasteiger partial charge in [-0.1, -0.05) is 12.1 Å². The Hall–Kier alpha value is -2.49. The Kier molecular flexibility index (Phi) is 4.82. The molecule has 0 saturated carbocycles. The van der Waals surface area contributed by atoms with Crippen molar-refractivity contribution in [2.24, 2.45) is 0 Å². The van der Waals surface area contributed by atoms with E-state index in [-0.39, 0.29) is 12.2 Å². The SMILES string of the molecule is COc1ccc(COc2cc(O)c(C)c(CC=O)c2)cc1. The normalized spacial score (nSPS) is 10.2. The Balaban J connectivity index is 2.10. The van der Waals surface area contributed by atoms with E-state index in [1.165, 1.54) is 0 Å². The molecule has 0 amide bonds. The van der Waals surface area contributed by atoms with Gasteiger partial charge in [-0.3, -0.25) is 0 Å². The number of aromatic hydroxyl groups is 1. The van der Waals surface area contributed by atoms with Gasteiger partial charge in [0.1, 0.15) is 30.1 Å². The van der Waals surface area contributed by atoms with Crippen molar-refractivity contribution in [3.05, 3.63) is 53.1 Å². The second-order valence-electron chi connectivity index (χ2n) is 4.73. The van der Waals surface area contributed by atoms with E-state index in [1.54, 1.807) is 26.2 Å². The molecule has 2 rings (SSSR count). The van der Waals surface area contributed by atoms with Gasteiger partial charge in [0.25, 0.3) is 0 Å². The second kappa shape index (κ2) is 6.79. The maximum absolute atomic E-state index is 10.7. The number of carbonyl (C=O) groups is 1. The molecule has 0 heterocycles. The van der Waals surface area contributed by atoms with Crippen LogP contribution in [0, 0.1) is 6.92 Å². The number of hydrogen-bond donors (Lipinski definition) is 1. The molecule has 2 aromatic rings. The number of methoxy groups -OCH3 is 1. The first-order valence-corrected chi connectivity index (χ1v) is 6.66. The van der Waals surface area contributed by atoms with Crippen LogP contribution in [-0.4, -0.2) is 18.5 Å². The lowest BCUT2D eigenvalue weighted by molar-refractivity contribution is -0.107. The highest BCUT2D eigenvalue weighted by molar-refractivity contribution is 5.59. The van der Waals surface area contributed by atoms with Gasteiger partial charge >= 0.3 is 0 Å². The fourth-order valence-corrected chi connectivity index (χ4v) is 2.00. The molecule has 0 radical (unpaired) electrons. The average molecular weight is 286 g/mol. The van der Waals surface area contributed by atoms with Gasteiger partial charge in [-0.2, -0.15) is 0 Å². The standard InChI is InChI=1S/C17H18O4/c1-12-14(7-8-18)9-16(10-17(12)19)21-11-13-3-5-15(20-2)6-4-13/h3-6,8-10,19H,7,11H2,1-2H3. The van der Waals surface area contributed by atoms with Crippen molar-refractivity contribution < 1.29 is 19.4 Å². The second-order valence-corrected chi connectivity index (χ2v) is 4.73. The van der Waals surface area contributed by atoms with E-state index in [2.05, 4.69) is 0 Å². The molecule has 0 spiro atoms. The summed E-state index contributed by atoms with van der Waals surface area (Å²) in [7, 11) is 1.62. The lowest BCUT2D eigenvalue weighted by atomic mass is 10.0. The fraction of sp³-hybridized carbons (Fsp3) is 0.235. The third-order valence-corrected chi connectivity index (χ3v) is 3.33. The van der Waals surface area contributed by atoms with Gasteiger partial charge in [0.15, 0.2) is 0 Å². The van der Waals surface area contributed by atoms with Crippen LogP contribution in [0.3, 0.4) is 0 Å². The Bertz CT molecular complexity index is 617. The number of benzene rings is 2. The van der Waals surface area contributed by atoms with Crippen LogP contribution >= 0.6 is 0 Å². The summed E-state index contributed by atoms with van der Waals surface area (Å²) in [6.45, 7) is 2.16. The summed E-state index contributed by atoms with van der Waals surface area (Å²) in [6.07, 6.45) is 1.08. The highest BCUT2D eigenvalue weighted by Gasteiger charge is 2.07. The molecule has 0 bridgehead atoms. The molecule has 2 aromatic carbocycles. The number of rotatable bonds is 6. The number of carbonyl (C=O) groups excluding carboxylic acids is 1. The smallest absolute Gasteiger partial charge is 0.124 e. The van der Waals surface area contributed by atoms with Gasteiger partial charge < -0.3 is 19.4 Å². The molecular formula is C17H18O4. The molecule has 0 unspecified atom stereocenters. The van der Waals surface area contributed by atoms with E-state index in [1.807, 2.05) is 24.3 Å². The predicted octanol–water partition coefficient (Wildman–Crippen LogP) is 3.03. The average Bonchev–Trinajstić information content (AvgIpc) is 2.50. The third-order valence-electron chi connectivity index (χ3n) is 3.33. The summed E-state index contributed by atoms with van der Waals surface area (Å²) in [5, 5.41) is 9.86. The first-order valence-electron chi connectivity index (χ1n) is 6.66. The van der Waals surface area contributed by atoms with Crippen LogP contribution in [0.2, 0.25) is 0 Å². The lowest BCUT2D eigenvalue weighted by Crippen LogP contribution is -1.98. The summed E-state index contributed by atoms with van der Waals surface area (Å²) in [5.41, 5.74) is 2.47. The number of hydrogen-bond acceptors (Lipinski definition) is 4. The molecule has 0 aliphatic carbocycles. The zero-order chi connectivity index (χ0) is 15.2. The van der Waals surface area contributed by atoms with Crippen molar-refractivity contribution in [2.45, 2.75) is 20.0 Å². The zero-order valence-corrected chi connectivity index (χ0v) is 12.1. The lowest BCUT2D eigenvalue weighted by Gasteiger charge is -2.11. The molecule has 0 fully saturated rings. The Morgan fingerprint density at radius 2 is 1.86 bits per heavy atom. The molecule has 4 nitrogen and oxygen atoms in total. The summed E-state index contributed by atoms with van der Waals surface area (Å²) < 4.78 is 10.8. The van der Waals surface area contributed by atoms with E-state index in [4.69, 9.17) is 9.47 Å². The first kappa shape index (κ1) is 14.9. The summed E-state index contributed by atoms with van der Waals surface area (Å²) in [6, 6.07) is 10.9. The molecular weight excluding hydrogens is 268 g/mol. The number of phenols is 1. The largest absolute Gasteiger partial charge is 0.508 e. The van der Waals surface area contributed by atoms with Crippen LogP contribution in [0.4, 0.5) is 0 Å². The molecule has 21 heavy (non-hydrogen) atoms. The first-order chi connectivity index (χ1) is 10.1. The maximum Gasteiger partial charge on any atom is 0.124 e. The molecule has 0 aliphatic rings. The number of aldehydes is 1. The van der Waals surface area contributed by atoms with Crippen molar-refractivity contribution in [3.63, 3.8) is 0 Å². The number of ether oxygens (including phenoxy) is 2. The van der Waals surface area contributed by atoms with E-state index in [0.717, 1.165) is 23.2 Å². The van der Waals surface area contributed by atoms with Crippen LogP contribution < -0.4 is 9.47 Å². The maximum atomic E-state index is 10.7. The molecule has 0 atom stereocenters. The Labute approximate surface area is 123 Å². The molecule has 0 aliphatic heterocycles. The highest BCUT2D eigenvalue weighted by atomic mass is 16.5. The van der Waals surface area contributed by atoms with Crippen molar-refractivity contribution in [1.82, 2.24) is 0 Å². The van der Waals surface area contributed by atoms with Gasteiger partial charge in [0, 0.05) is 12.5 Å². The van der Waals surface area contributed by atoms with Crippen molar-refractivity contribution >= 4 is 6.29 Å². The van der Waals surface area contributed by atoms with Crippen LogP contribution in [0.25, 0.3) is 0 Å². The predicted molar refractivity (Wildman–Crippen MR) is 79.9 cm³/mol. The quantitative estimate of drug-likeness (QED) is 0.829. The monoisotopic (exact) mass is 286 g/mol. The minimum Gasteiger partial charge on any atom is -0.508 e. The van der Waals surface area contributed by atoms with Gasteiger partial charge in [-0.25, -0.2) is 0 Å². The number of phenolic OH excluding ortho intramolecular Hbond substituents is 1. The van der Waals surface area contributed by atoms with Crippen molar-refractivity contribution in [3.8, 4) is 17.2 Å². The fourth-order valence-electron chi connectivity index (χ4n) is 2.00. The molecule has 110 valence electrons. The van der Waals surface area contributed by atoms with E-state index in [9.17, 15) is 9.90 Å². The van der Waals surface area contributed by atoms with Gasteiger partial charge in [0.05, 0.1) is 7.11 Å². The zero-order valence-electron chi connectivity index (χ0n) is 12.1. The molecule has 0 saturated heterocycles. The molecule has 1 N–H and O–H groups in total.